The molecule has 1 N–H and O–H groups in total. The van der Waals surface area contributed by atoms with Crippen molar-refractivity contribution in [2.24, 2.45) is 5.10 Å². The molecular formula is C22H23N7O5. The topological polar surface area (TPSA) is 133 Å². The number of hydrazone groups is 1. The molecule has 0 aliphatic carbocycles. The summed E-state index contributed by atoms with van der Waals surface area (Å²) in [6.45, 7) is 2.09. The van der Waals surface area contributed by atoms with Crippen LogP contribution in [-0.2, 0) is 9.53 Å². The molecule has 1 fully saturated rings. The van der Waals surface area contributed by atoms with Crippen molar-refractivity contribution >= 4 is 18.0 Å². The predicted molar refractivity (Wildman–Crippen MR) is 120 cm³/mol. The Morgan fingerprint density at radius 3 is 2.65 bits per heavy atom. The van der Waals surface area contributed by atoms with Gasteiger partial charge < -0.3 is 19.1 Å². The molecule has 2 amide bonds. The van der Waals surface area contributed by atoms with E-state index in [1.54, 1.807) is 47.4 Å². The van der Waals surface area contributed by atoms with Crippen LogP contribution in [0.4, 0.5) is 0 Å². The highest BCUT2D eigenvalue weighted by molar-refractivity contribution is 5.95. The average Bonchev–Trinajstić information content (AvgIpc) is 3.43. The van der Waals surface area contributed by atoms with Gasteiger partial charge in [-0.25, -0.2) is 10.1 Å². The fourth-order valence-corrected chi connectivity index (χ4v) is 3.20. The van der Waals surface area contributed by atoms with Gasteiger partial charge in [0.2, 0.25) is 0 Å². The minimum absolute atomic E-state index is 0.0912. The van der Waals surface area contributed by atoms with E-state index in [-0.39, 0.29) is 18.4 Å². The minimum Gasteiger partial charge on any atom is -0.493 e. The van der Waals surface area contributed by atoms with Crippen LogP contribution in [0.5, 0.6) is 11.5 Å². The highest BCUT2D eigenvalue weighted by Gasteiger charge is 2.18. The molecular weight excluding hydrogens is 442 g/mol. The highest BCUT2D eigenvalue weighted by atomic mass is 16.5. The van der Waals surface area contributed by atoms with Crippen LogP contribution in [0.1, 0.15) is 15.9 Å². The van der Waals surface area contributed by atoms with Crippen LogP contribution in [-0.4, -0.2) is 83.2 Å². The lowest BCUT2D eigenvalue weighted by molar-refractivity contribution is -0.137. The first kappa shape index (κ1) is 22.9. The summed E-state index contributed by atoms with van der Waals surface area (Å²) < 4.78 is 17.8. The van der Waals surface area contributed by atoms with E-state index in [9.17, 15) is 9.59 Å². The van der Waals surface area contributed by atoms with Gasteiger partial charge in [0.15, 0.2) is 18.1 Å². The highest BCUT2D eigenvalue weighted by Crippen LogP contribution is 2.27. The molecule has 0 bridgehead atoms. The summed E-state index contributed by atoms with van der Waals surface area (Å²) in [6, 6.07) is 11.9. The molecule has 0 radical (unpaired) electrons. The summed E-state index contributed by atoms with van der Waals surface area (Å²) in [6.07, 6.45) is 2.95. The Hall–Kier alpha value is -4.32. The van der Waals surface area contributed by atoms with Crippen LogP contribution in [0.2, 0.25) is 0 Å². The average molecular weight is 465 g/mol. The Balaban J connectivity index is 1.32. The monoisotopic (exact) mass is 465 g/mol. The number of amides is 2. The molecule has 34 heavy (non-hydrogen) atoms. The van der Waals surface area contributed by atoms with Gasteiger partial charge in [0.1, 0.15) is 6.33 Å². The molecule has 176 valence electrons. The van der Waals surface area contributed by atoms with Gasteiger partial charge in [-0.2, -0.15) is 5.10 Å². The molecule has 1 aromatic heterocycles. The maximum absolute atomic E-state index is 12.3. The summed E-state index contributed by atoms with van der Waals surface area (Å²) >= 11 is 0. The van der Waals surface area contributed by atoms with E-state index in [1.807, 2.05) is 0 Å². The number of nitrogens with one attached hydrogen (secondary N) is 1. The Labute approximate surface area is 195 Å². The molecule has 0 unspecified atom stereocenters. The number of benzene rings is 2. The van der Waals surface area contributed by atoms with Crippen LogP contribution in [0, 0.1) is 0 Å². The van der Waals surface area contributed by atoms with E-state index in [4.69, 9.17) is 14.2 Å². The summed E-state index contributed by atoms with van der Waals surface area (Å²) in [5.74, 6) is 0.411. The number of tetrazole rings is 1. The number of carbonyl (C=O) groups excluding carboxylic acids is 2. The third-order valence-electron chi connectivity index (χ3n) is 5.03. The van der Waals surface area contributed by atoms with Crippen molar-refractivity contribution in [3.8, 4) is 17.2 Å². The van der Waals surface area contributed by atoms with Gasteiger partial charge >= 0.3 is 0 Å². The van der Waals surface area contributed by atoms with Gasteiger partial charge in [-0.05, 0) is 58.5 Å². The molecule has 12 nitrogen and oxygen atoms in total. The van der Waals surface area contributed by atoms with Gasteiger partial charge in [0.05, 0.1) is 32.2 Å². The standard InChI is InChI=1S/C22H23N7O5/c1-32-20-12-16(2-7-19(20)34-14-21(30)28-8-10-33-11-9-28)13-23-25-22(31)17-3-5-18(6-4-17)29-15-24-26-27-29/h2-7,12-13,15H,8-11,14H2,1H3,(H,25,31)/b23-13+. The maximum Gasteiger partial charge on any atom is 0.271 e. The summed E-state index contributed by atoms with van der Waals surface area (Å²) in [5.41, 5.74) is 4.32. The fraction of sp³-hybridized carbons (Fsp3) is 0.273. The van der Waals surface area contributed by atoms with Gasteiger partial charge in [-0.1, -0.05) is 0 Å². The quantitative estimate of drug-likeness (QED) is 0.379. The summed E-state index contributed by atoms with van der Waals surface area (Å²) in [5, 5.41) is 14.9. The smallest absolute Gasteiger partial charge is 0.271 e. The van der Waals surface area contributed by atoms with E-state index in [2.05, 4.69) is 26.1 Å². The normalized spacial score (nSPS) is 13.6. The SMILES string of the molecule is COc1cc(/C=N/NC(=O)c2ccc(-n3cnnn3)cc2)ccc1OCC(=O)N1CCOCC1. The lowest BCUT2D eigenvalue weighted by Gasteiger charge is -2.26. The second kappa shape index (κ2) is 11.0. The van der Waals surface area contributed by atoms with Gasteiger partial charge in [0, 0.05) is 18.7 Å². The number of carbonyl (C=O) groups is 2. The third-order valence-corrected chi connectivity index (χ3v) is 5.03. The molecule has 0 spiro atoms. The van der Waals surface area contributed by atoms with Crippen LogP contribution in [0.15, 0.2) is 53.9 Å². The molecule has 3 aromatic rings. The zero-order valence-electron chi connectivity index (χ0n) is 18.5. The number of aromatic nitrogens is 4. The molecule has 4 rings (SSSR count). The van der Waals surface area contributed by atoms with Gasteiger partial charge in [-0.15, -0.1) is 5.10 Å². The summed E-state index contributed by atoms with van der Waals surface area (Å²) in [4.78, 5) is 26.3. The van der Waals surface area contributed by atoms with Crippen LogP contribution in [0.3, 0.4) is 0 Å². The van der Waals surface area contributed by atoms with Gasteiger partial charge in [-0.3, -0.25) is 9.59 Å². The van der Waals surface area contributed by atoms with Crippen LogP contribution >= 0.6 is 0 Å². The second-order valence-electron chi connectivity index (χ2n) is 7.19. The number of hydrogen-bond acceptors (Lipinski definition) is 9. The fourth-order valence-electron chi connectivity index (χ4n) is 3.20. The van der Waals surface area contributed by atoms with E-state index < -0.39 is 0 Å². The number of morpholine rings is 1. The number of nitrogens with zero attached hydrogens (tertiary/aromatic N) is 6. The van der Waals surface area contributed by atoms with E-state index in [0.29, 0.717) is 48.9 Å². The molecule has 0 saturated carbocycles. The number of ether oxygens (including phenoxy) is 3. The zero-order chi connectivity index (χ0) is 23.8. The third kappa shape index (κ3) is 5.72. The Kier molecular flexibility index (Phi) is 7.40. The van der Waals surface area contributed by atoms with Crippen molar-refractivity contribution in [3.63, 3.8) is 0 Å². The molecule has 1 aliphatic heterocycles. The van der Waals surface area contributed by atoms with E-state index in [1.165, 1.54) is 24.3 Å². The number of rotatable bonds is 8. The second-order valence-corrected chi connectivity index (χ2v) is 7.19. The number of hydrogen-bond donors (Lipinski definition) is 1. The minimum atomic E-state index is -0.368. The molecule has 1 saturated heterocycles. The van der Waals surface area contributed by atoms with Crippen molar-refractivity contribution in [1.82, 2.24) is 30.5 Å². The molecule has 2 heterocycles. The molecule has 0 atom stereocenters. The van der Waals surface area contributed by atoms with Crippen molar-refractivity contribution in [2.45, 2.75) is 0 Å². The van der Waals surface area contributed by atoms with Crippen LogP contribution < -0.4 is 14.9 Å². The van der Waals surface area contributed by atoms with Crippen molar-refractivity contribution < 1.29 is 23.8 Å². The first-order valence-corrected chi connectivity index (χ1v) is 10.5. The lowest BCUT2D eigenvalue weighted by Crippen LogP contribution is -2.43. The largest absolute Gasteiger partial charge is 0.493 e. The lowest BCUT2D eigenvalue weighted by atomic mass is 10.2. The molecule has 2 aromatic carbocycles. The Bertz CT molecular complexity index is 1140. The van der Waals surface area contributed by atoms with Crippen molar-refractivity contribution in [3.05, 3.63) is 59.9 Å². The van der Waals surface area contributed by atoms with Crippen molar-refractivity contribution in [2.75, 3.05) is 40.0 Å². The first-order chi connectivity index (χ1) is 16.6. The Morgan fingerprint density at radius 1 is 1.15 bits per heavy atom. The maximum atomic E-state index is 12.3. The zero-order valence-corrected chi connectivity index (χ0v) is 18.5. The first-order valence-electron chi connectivity index (χ1n) is 10.5. The van der Waals surface area contributed by atoms with Crippen LogP contribution in [0.25, 0.3) is 5.69 Å². The predicted octanol–water partition coefficient (Wildman–Crippen LogP) is 0.672. The van der Waals surface area contributed by atoms with E-state index in [0.717, 1.165) is 5.69 Å². The Morgan fingerprint density at radius 2 is 1.94 bits per heavy atom. The molecule has 1 aliphatic rings. The number of methoxy groups -OCH3 is 1. The molecule has 12 heteroatoms. The van der Waals surface area contributed by atoms with Crippen molar-refractivity contribution in [1.29, 1.82) is 0 Å². The van der Waals surface area contributed by atoms with Gasteiger partial charge in [0.25, 0.3) is 11.8 Å². The summed E-state index contributed by atoms with van der Waals surface area (Å²) in [7, 11) is 1.51. The van der Waals surface area contributed by atoms with E-state index >= 15 is 0 Å².